The molecule has 1 fully saturated rings. The number of fused-ring (bicyclic) bond motifs is 2. The summed E-state index contributed by atoms with van der Waals surface area (Å²) in [7, 11) is 0. The van der Waals surface area contributed by atoms with E-state index in [1.165, 1.54) is 0 Å². The topological polar surface area (TPSA) is 54.9 Å². The summed E-state index contributed by atoms with van der Waals surface area (Å²) in [6, 6.07) is 0. The van der Waals surface area contributed by atoms with Crippen molar-refractivity contribution in [2.45, 2.75) is 24.7 Å². The normalized spacial score (nSPS) is 22.3. The highest BCUT2D eigenvalue weighted by Gasteiger charge is 2.52. The minimum atomic E-state index is -0.316. The van der Waals surface area contributed by atoms with Gasteiger partial charge in [-0.25, -0.2) is 4.98 Å². The van der Waals surface area contributed by atoms with E-state index < -0.39 is 0 Å². The Morgan fingerprint density at radius 1 is 1.31 bits per heavy atom. The van der Waals surface area contributed by atoms with Crippen molar-refractivity contribution in [2.24, 2.45) is 0 Å². The molecular formula is C9H9N3O. The zero-order valence-electron chi connectivity index (χ0n) is 7.08. The van der Waals surface area contributed by atoms with E-state index in [2.05, 4.69) is 15.3 Å². The van der Waals surface area contributed by atoms with Gasteiger partial charge in [0.1, 0.15) is 0 Å². The quantitative estimate of drug-likeness (QED) is 0.636. The van der Waals surface area contributed by atoms with E-state index in [1.807, 2.05) is 0 Å². The predicted octanol–water partition coefficient (Wildman–Crippen LogP) is 0.850. The van der Waals surface area contributed by atoms with Crippen LogP contribution in [0, 0.1) is 0 Å². The molecule has 1 aromatic heterocycles. The number of carbonyl (C=O) groups excluding carboxylic acids is 1. The highest BCUT2D eigenvalue weighted by atomic mass is 16.2. The number of rotatable bonds is 0. The molecule has 2 heterocycles. The molecule has 1 spiro atoms. The average Bonchev–Trinajstić information content (AvgIpc) is 2.35. The van der Waals surface area contributed by atoms with Crippen LogP contribution in [0.15, 0.2) is 12.4 Å². The van der Waals surface area contributed by atoms with Crippen molar-refractivity contribution in [1.29, 1.82) is 0 Å². The minimum Gasteiger partial charge on any atom is -0.308 e. The second-order valence-electron chi connectivity index (χ2n) is 3.64. The molecule has 4 heteroatoms. The van der Waals surface area contributed by atoms with Gasteiger partial charge in [0.25, 0.3) is 0 Å². The first-order valence-electron chi connectivity index (χ1n) is 4.46. The Morgan fingerprint density at radius 3 is 2.77 bits per heavy atom. The number of carbonyl (C=O) groups is 1. The van der Waals surface area contributed by atoms with Gasteiger partial charge in [0.15, 0.2) is 5.82 Å². The Kier molecular flexibility index (Phi) is 1.12. The average molecular weight is 175 g/mol. The van der Waals surface area contributed by atoms with Crippen LogP contribution in [0.5, 0.6) is 0 Å². The van der Waals surface area contributed by atoms with Crippen molar-refractivity contribution in [3.05, 3.63) is 18.1 Å². The molecule has 1 aliphatic heterocycles. The lowest BCUT2D eigenvalue weighted by molar-refractivity contribution is -0.123. The molecular weight excluding hydrogens is 166 g/mol. The van der Waals surface area contributed by atoms with Crippen molar-refractivity contribution in [3.8, 4) is 0 Å². The van der Waals surface area contributed by atoms with Crippen molar-refractivity contribution < 1.29 is 4.79 Å². The molecule has 1 aliphatic carbocycles. The molecule has 1 saturated carbocycles. The van der Waals surface area contributed by atoms with Crippen molar-refractivity contribution >= 4 is 11.7 Å². The van der Waals surface area contributed by atoms with Crippen LogP contribution < -0.4 is 5.32 Å². The summed E-state index contributed by atoms with van der Waals surface area (Å²) in [4.78, 5) is 20.0. The Balaban J connectivity index is 2.20. The van der Waals surface area contributed by atoms with E-state index >= 15 is 0 Å². The van der Waals surface area contributed by atoms with Gasteiger partial charge in [-0.15, -0.1) is 0 Å². The summed E-state index contributed by atoms with van der Waals surface area (Å²) in [6.07, 6.45) is 6.22. The number of hydrogen-bond donors (Lipinski definition) is 1. The summed E-state index contributed by atoms with van der Waals surface area (Å²) in [6.45, 7) is 0. The van der Waals surface area contributed by atoms with E-state index in [0.29, 0.717) is 5.82 Å². The molecule has 1 amide bonds. The highest BCUT2D eigenvalue weighted by molar-refractivity contribution is 6.05. The zero-order chi connectivity index (χ0) is 8.89. The molecule has 0 radical (unpaired) electrons. The fraction of sp³-hybridized carbons (Fsp3) is 0.444. The second kappa shape index (κ2) is 2.07. The summed E-state index contributed by atoms with van der Waals surface area (Å²) < 4.78 is 0. The predicted molar refractivity (Wildman–Crippen MR) is 46.2 cm³/mol. The third-order valence-electron chi connectivity index (χ3n) is 3.03. The lowest BCUT2D eigenvalue weighted by Gasteiger charge is -2.34. The van der Waals surface area contributed by atoms with E-state index in [-0.39, 0.29) is 11.3 Å². The van der Waals surface area contributed by atoms with Crippen LogP contribution in [0.2, 0.25) is 0 Å². The maximum Gasteiger partial charge on any atom is 0.237 e. The molecule has 1 aromatic rings. The van der Waals surface area contributed by atoms with Crippen LogP contribution in [-0.2, 0) is 10.2 Å². The standard InChI is InChI=1S/C9H9N3O/c13-8-9(2-1-3-9)6-7(12-8)11-5-4-10-6/h4-5H,1-3H2,(H,11,12,13). The Hall–Kier alpha value is -1.45. The van der Waals surface area contributed by atoms with Crippen LogP contribution in [0.4, 0.5) is 5.82 Å². The van der Waals surface area contributed by atoms with Gasteiger partial charge in [-0.05, 0) is 12.8 Å². The number of amides is 1. The van der Waals surface area contributed by atoms with E-state index in [0.717, 1.165) is 25.0 Å². The molecule has 1 N–H and O–H groups in total. The van der Waals surface area contributed by atoms with Gasteiger partial charge in [0.2, 0.25) is 5.91 Å². The zero-order valence-corrected chi connectivity index (χ0v) is 7.08. The van der Waals surface area contributed by atoms with Crippen LogP contribution >= 0.6 is 0 Å². The molecule has 4 nitrogen and oxygen atoms in total. The van der Waals surface area contributed by atoms with Gasteiger partial charge in [0.05, 0.1) is 11.1 Å². The number of aromatic nitrogens is 2. The van der Waals surface area contributed by atoms with Gasteiger partial charge in [0, 0.05) is 12.4 Å². The summed E-state index contributed by atoms with van der Waals surface area (Å²) in [5, 5.41) is 2.78. The SMILES string of the molecule is O=C1Nc2nccnc2C12CCC2. The maximum absolute atomic E-state index is 11.6. The maximum atomic E-state index is 11.6. The van der Waals surface area contributed by atoms with E-state index in [1.54, 1.807) is 12.4 Å². The van der Waals surface area contributed by atoms with Gasteiger partial charge < -0.3 is 5.32 Å². The molecule has 0 bridgehead atoms. The Bertz CT molecular complexity index is 384. The molecule has 0 saturated heterocycles. The number of hydrogen-bond acceptors (Lipinski definition) is 3. The third kappa shape index (κ3) is 0.685. The monoisotopic (exact) mass is 175 g/mol. The van der Waals surface area contributed by atoms with E-state index in [9.17, 15) is 4.79 Å². The van der Waals surface area contributed by atoms with Crippen LogP contribution in [0.3, 0.4) is 0 Å². The smallest absolute Gasteiger partial charge is 0.237 e. The molecule has 3 rings (SSSR count). The Morgan fingerprint density at radius 2 is 2.08 bits per heavy atom. The number of nitrogens with one attached hydrogen (secondary N) is 1. The highest BCUT2D eigenvalue weighted by Crippen LogP contribution is 2.48. The fourth-order valence-electron chi connectivity index (χ4n) is 2.11. The molecule has 13 heavy (non-hydrogen) atoms. The lowest BCUT2D eigenvalue weighted by Crippen LogP contribution is -2.41. The van der Waals surface area contributed by atoms with E-state index in [4.69, 9.17) is 0 Å². The van der Waals surface area contributed by atoms with Crippen LogP contribution in [0.1, 0.15) is 25.0 Å². The summed E-state index contributed by atoms with van der Waals surface area (Å²) in [5.41, 5.74) is 0.537. The molecule has 0 unspecified atom stereocenters. The molecule has 2 aliphatic rings. The molecule has 66 valence electrons. The van der Waals surface area contributed by atoms with Crippen molar-refractivity contribution in [1.82, 2.24) is 9.97 Å². The summed E-state index contributed by atoms with van der Waals surface area (Å²) >= 11 is 0. The number of anilines is 1. The molecule has 0 aromatic carbocycles. The first kappa shape index (κ1) is 7.00. The van der Waals surface area contributed by atoms with Crippen LogP contribution in [-0.4, -0.2) is 15.9 Å². The fourth-order valence-corrected chi connectivity index (χ4v) is 2.11. The third-order valence-corrected chi connectivity index (χ3v) is 3.03. The largest absolute Gasteiger partial charge is 0.308 e. The first-order valence-corrected chi connectivity index (χ1v) is 4.46. The minimum absolute atomic E-state index is 0.0833. The summed E-state index contributed by atoms with van der Waals surface area (Å²) in [5.74, 6) is 0.743. The van der Waals surface area contributed by atoms with Crippen molar-refractivity contribution in [2.75, 3.05) is 5.32 Å². The van der Waals surface area contributed by atoms with Crippen molar-refractivity contribution in [3.63, 3.8) is 0 Å². The number of nitrogens with zero attached hydrogens (tertiary/aromatic N) is 2. The molecule has 0 atom stereocenters. The van der Waals surface area contributed by atoms with Gasteiger partial charge >= 0.3 is 0 Å². The van der Waals surface area contributed by atoms with Gasteiger partial charge in [-0.3, -0.25) is 9.78 Å². The lowest BCUT2D eigenvalue weighted by atomic mass is 9.67. The Labute approximate surface area is 75.4 Å². The second-order valence-corrected chi connectivity index (χ2v) is 3.64. The van der Waals surface area contributed by atoms with Gasteiger partial charge in [-0.1, -0.05) is 6.42 Å². The van der Waals surface area contributed by atoms with Crippen LogP contribution in [0.25, 0.3) is 0 Å². The van der Waals surface area contributed by atoms with Gasteiger partial charge in [-0.2, -0.15) is 0 Å². The first-order chi connectivity index (χ1) is 6.33.